The highest BCUT2D eigenvalue weighted by Gasteiger charge is 1.99. The molecule has 0 spiro atoms. The van der Waals surface area contributed by atoms with Crippen molar-refractivity contribution in [1.82, 2.24) is 10.6 Å². The van der Waals surface area contributed by atoms with E-state index in [1.54, 1.807) is 0 Å². The van der Waals surface area contributed by atoms with Crippen LogP contribution in [0.1, 0.15) is 6.42 Å². The molecule has 6 heteroatoms. The largest absolute Gasteiger partial charge is 0.449 e. The van der Waals surface area contributed by atoms with Crippen molar-refractivity contribution in [2.24, 2.45) is 0 Å². The number of nitrogens with one attached hydrogen (secondary N) is 2. The number of hydrogen-bond acceptors (Lipinski definition) is 4. The molecule has 0 aromatic carbocycles. The minimum atomic E-state index is -0.486. The monoisotopic (exact) mass is 190 g/mol. The lowest BCUT2D eigenvalue weighted by molar-refractivity contribution is 0.120. The smallest absolute Gasteiger partial charge is 0.406 e. The summed E-state index contributed by atoms with van der Waals surface area (Å²) in [5.74, 6) is 0. The Morgan fingerprint density at radius 1 is 1.00 bits per heavy atom. The molecule has 2 amide bonds. The molecule has 0 heterocycles. The van der Waals surface area contributed by atoms with Crippen LogP contribution < -0.4 is 10.6 Å². The minimum absolute atomic E-state index is 0.233. The summed E-state index contributed by atoms with van der Waals surface area (Å²) in [7, 11) is 2.95. The van der Waals surface area contributed by atoms with Crippen LogP contribution in [-0.4, -0.2) is 39.5 Å². The van der Waals surface area contributed by atoms with E-state index in [0.29, 0.717) is 6.42 Å². The summed E-state index contributed by atoms with van der Waals surface area (Å²) in [5, 5.41) is 4.59. The normalized spacial score (nSPS) is 8.77. The molecule has 0 aliphatic rings. The molecule has 0 saturated carbocycles. The first-order valence-electron chi connectivity index (χ1n) is 3.89. The highest BCUT2D eigenvalue weighted by molar-refractivity contribution is 5.67. The van der Waals surface area contributed by atoms with Gasteiger partial charge in [0.2, 0.25) is 0 Å². The number of carbonyl (C=O) groups excluding carboxylic acids is 2. The third kappa shape index (κ3) is 6.92. The van der Waals surface area contributed by atoms with E-state index in [1.807, 2.05) is 0 Å². The predicted octanol–water partition coefficient (Wildman–Crippen LogP) is 0.0885. The first-order valence-corrected chi connectivity index (χ1v) is 3.89. The Morgan fingerprint density at radius 3 is 1.69 bits per heavy atom. The van der Waals surface area contributed by atoms with Crippen LogP contribution in [0.4, 0.5) is 9.59 Å². The maximum atomic E-state index is 10.5. The van der Waals surface area contributed by atoms with Crippen LogP contribution in [0.2, 0.25) is 0 Å². The van der Waals surface area contributed by atoms with Crippen molar-refractivity contribution in [2.45, 2.75) is 6.42 Å². The SMILES string of the molecule is CNC(=O)OCCCOC(=O)NC. The molecule has 0 rings (SSSR count). The summed E-state index contributed by atoms with van der Waals surface area (Å²) >= 11 is 0. The van der Waals surface area contributed by atoms with E-state index in [1.165, 1.54) is 14.1 Å². The third-order valence-corrected chi connectivity index (χ3v) is 1.16. The van der Waals surface area contributed by atoms with Gasteiger partial charge in [0.1, 0.15) is 0 Å². The van der Waals surface area contributed by atoms with Crippen molar-refractivity contribution in [3.05, 3.63) is 0 Å². The van der Waals surface area contributed by atoms with Crippen LogP contribution in [0.15, 0.2) is 0 Å². The first-order chi connectivity index (χ1) is 6.20. The molecule has 0 saturated heterocycles. The van der Waals surface area contributed by atoms with Crippen LogP contribution in [0.25, 0.3) is 0 Å². The summed E-state index contributed by atoms with van der Waals surface area (Å²) in [5.41, 5.74) is 0. The van der Waals surface area contributed by atoms with Crippen molar-refractivity contribution in [1.29, 1.82) is 0 Å². The van der Waals surface area contributed by atoms with E-state index in [9.17, 15) is 9.59 Å². The van der Waals surface area contributed by atoms with Gasteiger partial charge in [-0.1, -0.05) is 0 Å². The number of ether oxygens (including phenoxy) is 2. The summed E-state index contributed by atoms with van der Waals surface area (Å²) in [6.45, 7) is 0.466. The Hall–Kier alpha value is -1.46. The molecule has 0 radical (unpaired) electrons. The van der Waals surface area contributed by atoms with Gasteiger partial charge < -0.3 is 20.1 Å². The van der Waals surface area contributed by atoms with Gasteiger partial charge in [0.15, 0.2) is 0 Å². The molecule has 0 aromatic heterocycles. The number of amides is 2. The molecule has 0 aliphatic heterocycles. The van der Waals surface area contributed by atoms with Gasteiger partial charge in [-0.15, -0.1) is 0 Å². The van der Waals surface area contributed by atoms with Crippen molar-refractivity contribution in [2.75, 3.05) is 27.3 Å². The number of alkyl carbamates (subject to hydrolysis) is 2. The highest BCUT2D eigenvalue weighted by atomic mass is 16.6. The molecule has 0 fully saturated rings. The molecule has 2 N–H and O–H groups in total. The van der Waals surface area contributed by atoms with Gasteiger partial charge in [-0.3, -0.25) is 0 Å². The molecular formula is C7H14N2O4. The maximum absolute atomic E-state index is 10.5. The van der Waals surface area contributed by atoms with Gasteiger partial charge in [-0.25, -0.2) is 9.59 Å². The summed E-state index contributed by atoms with van der Waals surface area (Å²) in [6, 6.07) is 0. The Labute approximate surface area is 76.6 Å². The lowest BCUT2D eigenvalue weighted by atomic mass is 10.5. The van der Waals surface area contributed by atoms with Crippen molar-refractivity contribution >= 4 is 12.2 Å². The van der Waals surface area contributed by atoms with E-state index in [0.717, 1.165) is 0 Å². The molecule has 6 nitrogen and oxygen atoms in total. The molecule has 0 atom stereocenters. The zero-order valence-corrected chi connectivity index (χ0v) is 7.75. The Balaban J connectivity index is 3.17. The van der Waals surface area contributed by atoms with Gasteiger partial charge in [0, 0.05) is 20.5 Å². The number of hydrogen-bond donors (Lipinski definition) is 2. The van der Waals surface area contributed by atoms with E-state index in [2.05, 4.69) is 20.1 Å². The Kier molecular flexibility index (Phi) is 6.39. The summed E-state index contributed by atoms with van der Waals surface area (Å²) in [4.78, 5) is 21.0. The number of carbonyl (C=O) groups is 2. The summed E-state index contributed by atoms with van der Waals surface area (Å²) < 4.78 is 9.29. The highest BCUT2D eigenvalue weighted by Crippen LogP contribution is 1.86. The van der Waals surface area contributed by atoms with Gasteiger partial charge >= 0.3 is 12.2 Å². The quantitative estimate of drug-likeness (QED) is 0.616. The lowest BCUT2D eigenvalue weighted by Gasteiger charge is -2.04. The Bertz CT molecular complexity index is 154. The van der Waals surface area contributed by atoms with Crippen LogP contribution in [-0.2, 0) is 9.47 Å². The Morgan fingerprint density at radius 2 is 1.38 bits per heavy atom. The van der Waals surface area contributed by atoms with Crippen molar-refractivity contribution in [3.8, 4) is 0 Å². The topological polar surface area (TPSA) is 76.7 Å². The van der Waals surface area contributed by atoms with Crippen LogP contribution in [0.3, 0.4) is 0 Å². The summed E-state index contributed by atoms with van der Waals surface area (Å²) in [6.07, 6.45) is -0.485. The molecule has 0 aromatic rings. The standard InChI is InChI=1S/C7H14N2O4/c1-8-6(10)12-4-3-5-13-7(11)9-2/h3-5H2,1-2H3,(H,8,10)(H,9,11). The first kappa shape index (κ1) is 11.5. The van der Waals surface area contributed by atoms with Gasteiger partial charge in [0.25, 0.3) is 0 Å². The van der Waals surface area contributed by atoms with Crippen molar-refractivity contribution in [3.63, 3.8) is 0 Å². The average Bonchev–Trinajstić information content (AvgIpc) is 2.16. The lowest BCUT2D eigenvalue weighted by Crippen LogP contribution is -2.22. The second-order valence-electron chi connectivity index (χ2n) is 2.13. The van der Waals surface area contributed by atoms with Gasteiger partial charge in [-0.05, 0) is 0 Å². The third-order valence-electron chi connectivity index (χ3n) is 1.16. The minimum Gasteiger partial charge on any atom is -0.449 e. The van der Waals surface area contributed by atoms with Crippen LogP contribution in [0.5, 0.6) is 0 Å². The fourth-order valence-corrected chi connectivity index (χ4v) is 0.533. The van der Waals surface area contributed by atoms with E-state index in [-0.39, 0.29) is 13.2 Å². The molecule has 76 valence electrons. The van der Waals surface area contributed by atoms with Gasteiger partial charge in [0.05, 0.1) is 13.2 Å². The van der Waals surface area contributed by atoms with Crippen LogP contribution in [0, 0.1) is 0 Å². The molecule has 0 unspecified atom stereocenters. The fraction of sp³-hybridized carbons (Fsp3) is 0.714. The fourth-order valence-electron chi connectivity index (χ4n) is 0.533. The molecular weight excluding hydrogens is 176 g/mol. The maximum Gasteiger partial charge on any atom is 0.406 e. The van der Waals surface area contributed by atoms with E-state index in [4.69, 9.17) is 0 Å². The number of rotatable bonds is 4. The average molecular weight is 190 g/mol. The second-order valence-corrected chi connectivity index (χ2v) is 2.13. The predicted molar refractivity (Wildman–Crippen MR) is 45.4 cm³/mol. The van der Waals surface area contributed by atoms with E-state index < -0.39 is 12.2 Å². The zero-order chi connectivity index (χ0) is 10.1. The second kappa shape index (κ2) is 7.20. The van der Waals surface area contributed by atoms with Gasteiger partial charge in [-0.2, -0.15) is 0 Å². The molecule has 13 heavy (non-hydrogen) atoms. The van der Waals surface area contributed by atoms with E-state index >= 15 is 0 Å². The van der Waals surface area contributed by atoms with Crippen molar-refractivity contribution < 1.29 is 19.1 Å². The molecule has 0 bridgehead atoms. The molecule has 0 aliphatic carbocycles. The van der Waals surface area contributed by atoms with Crippen LogP contribution >= 0.6 is 0 Å². The zero-order valence-electron chi connectivity index (χ0n) is 7.75.